The van der Waals surface area contributed by atoms with Crippen LogP contribution >= 0.6 is 0 Å². The maximum Gasteiger partial charge on any atom is 0.144 e. The Hall–Kier alpha value is -1.48. The topological polar surface area (TPSA) is 29.4 Å². The monoisotopic (exact) mass is 273 g/mol. The Bertz CT molecular complexity index is 626. The minimum absolute atomic E-state index is 0.292. The van der Waals surface area contributed by atoms with Crippen molar-refractivity contribution in [3.63, 3.8) is 0 Å². The van der Waals surface area contributed by atoms with Crippen molar-refractivity contribution in [2.45, 2.75) is 31.9 Å². The van der Waals surface area contributed by atoms with Gasteiger partial charge in [0.2, 0.25) is 0 Å². The fraction of sp³-hybridized carbons (Fsp3) is 0.312. The molecule has 3 heteroatoms. The number of fused-ring (bicyclic) bond motifs is 1. The van der Waals surface area contributed by atoms with Gasteiger partial charge in [-0.25, -0.2) is 4.21 Å². The molecule has 0 saturated carbocycles. The smallest absolute Gasteiger partial charge is 0.144 e. The number of nitrogens with zero attached hydrogens (tertiary/aromatic N) is 1. The molecule has 100 valence electrons. The first-order chi connectivity index (χ1) is 8.97. The normalized spacial score (nSPS) is 14.1. The Morgan fingerprint density at radius 1 is 1.11 bits per heavy atom. The van der Waals surface area contributed by atoms with Crippen LogP contribution in [0.4, 0.5) is 0 Å². The van der Waals surface area contributed by atoms with Crippen LogP contribution in [0.15, 0.2) is 46.9 Å². The van der Waals surface area contributed by atoms with Crippen LogP contribution in [-0.2, 0) is 17.4 Å². The van der Waals surface area contributed by atoms with E-state index >= 15 is 0 Å². The maximum atomic E-state index is 11.8. The summed E-state index contributed by atoms with van der Waals surface area (Å²) in [7, 11) is -1.17. The predicted molar refractivity (Wildman–Crippen MR) is 84.0 cm³/mol. The van der Waals surface area contributed by atoms with E-state index in [1.54, 1.807) is 6.21 Å². The Morgan fingerprint density at radius 3 is 2.47 bits per heavy atom. The molecule has 0 fully saturated rings. The second-order valence-electron chi connectivity index (χ2n) is 5.54. The van der Waals surface area contributed by atoms with Gasteiger partial charge in [0.05, 0.1) is 4.75 Å². The molecule has 0 N–H and O–H groups in total. The van der Waals surface area contributed by atoms with Gasteiger partial charge in [0.15, 0.2) is 0 Å². The van der Waals surface area contributed by atoms with E-state index in [1.165, 1.54) is 16.3 Å². The van der Waals surface area contributed by atoms with Crippen LogP contribution in [0.25, 0.3) is 10.8 Å². The van der Waals surface area contributed by atoms with Crippen LogP contribution in [-0.4, -0.2) is 15.2 Å². The van der Waals surface area contributed by atoms with Gasteiger partial charge in [0.1, 0.15) is 11.0 Å². The first kappa shape index (κ1) is 13.9. The summed E-state index contributed by atoms with van der Waals surface area (Å²) in [5.74, 6) is 0. The molecule has 0 aliphatic carbocycles. The minimum atomic E-state index is -1.17. The van der Waals surface area contributed by atoms with Crippen molar-refractivity contribution in [1.82, 2.24) is 0 Å². The zero-order valence-electron chi connectivity index (χ0n) is 11.6. The van der Waals surface area contributed by atoms with Crippen molar-refractivity contribution in [1.29, 1.82) is 0 Å². The summed E-state index contributed by atoms with van der Waals surface area (Å²) >= 11 is 0. The number of rotatable bonds is 3. The van der Waals surface area contributed by atoms with Crippen molar-refractivity contribution < 1.29 is 4.21 Å². The summed E-state index contributed by atoms with van der Waals surface area (Å²) in [5, 5.41) is 2.46. The Labute approximate surface area is 117 Å². The van der Waals surface area contributed by atoms with E-state index in [-0.39, 0.29) is 4.75 Å². The standard InChI is InChI=1S/C16H19NOS/c1-16(2,3)19(18)17-11-10-13-8-9-14-6-4-5-7-15(14)12-13/h4-9,11-12H,10H2,1-3H3/b17-11+. The van der Waals surface area contributed by atoms with Crippen LogP contribution in [0, 0.1) is 0 Å². The number of hydrogen-bond acceptors (Lipinski definition) is 1. The van der Waals surface area contributed by atoms with Gasteiger partial charge in [-0.05, 0) is 37.1 Å². The highest BCUT2D eigenvalue weighted by Gasteiger charge is 2.17. The fourth-order valence-corrected chi connectivity index (χ4v) is 2.26. The lowest BCUT2D eigenvalue weighted by Gasteiger charge is -2.12. The molecular formula is C16H19NOS. The molecule has 0 bridgehead atoms. The lowest BCUT2D eigenvalue weighted by atomic mass is 10.1. The van der Waals surface area contributed by atoms with E-state index < -0.39 is 11.0 Å². The Kier molecular flexibility index (Phi) is 4.15. The van der Waals surface area contributed by atoms with Gasteiger partial charge >= 0.3 is 0 Å². The lowest BCUT2D eigenvalue weighted by Crippen LogP contribution is -2.19. The van der Waals surface area contributed by atoms with Gasteiger partial charge in [-0.2, -0.15) is 4.40 Å². The Morgan fingerprint density at radius 2 is 1.79 bits per heavy atom. The molecule has 0 radical (unpaired) electrons. The SMILES string of the molecule is CC(C)(C)S(=O)/N=C/Cc1ccc2ccccc2c1. The quantitative estimate of drug-likeness (QED) is 0.779. The summed E-state index contributed by atoms with van der Waals surface area (Å²) in [6.45, 7) is 5.78. The molecule has 0 amide bonds. The second kappa shape index (κ2) is 5.66. The van der Waals surface area contributed by atoms with E-state index in [1.807, 2.05) is 32.9 Å². The van der Waals surface area contributed by atoms with Gasteiger partial charge in [-0.15, -0.1) is 0 Å². The van der Waals surface area contributed by atoms with Gasteiger partial charge in [-0.1, -0.05) is 42.5 Å². The average molecular weight is 273 g/mol. The summed E-state index contributed by atoms with van der Waals surface area (Å²) in [6.07, 6.45) is 2.47. The molecule has 0 aliphatic rings. The molecule has 1 unspecified atom stereocenters. The van der Waals surface area contributed by atoms with Gasteiger partial charge in [0, 0.05) is 12.6 Å². The fourth-order valence-electron chi connectivity index (χ4n) is 1.73. The summed E-state index contributed by atoms with van der Waals surface area (Å²) in [5.41, 5.74) is 1.19. The van der Waals surface area contributed by atoms with Crippen LogP contribution in [0.3, 0.4) is 0 Å². The van der Waals surface area contributed by atoms with E-state index in [9.17, 15) is 4.21 Å². The number of benzene rings is 2. The van der Waals surface area contributed by atoms with Crippen molar-refractivity contribution >= 4 is 28.0 Å². The van der Waals surface area contributed by atoms with Crippen molar-refractivity contribution in [3.05, 3.63) is 48.0 Å². The molecule has 0 heterocycles. The first-order valence-electron chi connectivity index (χ1n) is 6.39. The molecule has 2 aromatic rings. The number of hydrogen-bond donors (Lipinski definition) is 0. The third-order valence-corrected chi connectivity index (χ3v) is 4.22. The van der Waals surface area contributed by atoms with Crippen LogP contribution < -0.4 is 0 Å². The largest absolute Gasteiger partial charge is 0.234 e. The summed E-state index contributed by atoms with van der Waals surface area (Å²) < 4.78 is 15.6. The molecule has 0 aliphatic heterocycles. The third-order valence-electron chi connectivity index (χ3n) is 2.84. The van der Waals surface area contributed by atoms with E-state index in [0.717, 1.165) is 0 Å². The lowest BCUT2D eigenvalue weighted by molar-refractivity contribution is 0.651. The van der Waals surface area contributed by atoms with Crippen LogP contribution in [0.5, 0.6) is 0 Å². The molecule has 1 atom stereocenters. The summed E-state index contributed by atoms with van der Waals surface area (Å²) in [4.78, 5) is 0. The highest BCUT2D eigenvalue weighted by Crippen LogP contribution is 2.16. The zero-order chi connectivity index (χ0) is 13.9. The zero-order valence-corrected chi connectivity index (χ0v) is 12.4. The Balaban J connectivity index is 2.10. The van der Waals surface area contributed by atoms with Crippen molar-refractivity contribution in [3.8, 4) is 0 Å². The maximum absolute atomic E-state index is 11.8. The van der Waals surface area contributed by atoms with E-state index in [2.05, 4.69) is 34.7 Å². The second-order valence-corrected chi connectivity index (χ2v) is 7.47. The molecule has 0 saturated heterocycles. The van der Waals surface area contributed by atoms with Gasteiger partial charge in [-0.3, -0.25) is 0 Å². The van der Waals surface area contributed by atoms with Crippen LogP contribution in [0.2, 0.25) is 0 Å². The van der Waals surface area contributed by atoms with Gasteiger partial charge in [0.25, 0.3) is 0 Å². The molecular weight excluding hydrogens is 254 g/mol. The minimum Gasteiger partial charge on any atom is -0.234 e. The highest BCUT2D eigenvalue weighted by atomic mass is 32.2. The van der Waals surface area contributed by atoms with Crippen molar-refractivity contribution in [2.24, 2.45) is 4.40 Å². The molecule has 0 aromatic heterocycles. The molecule has 2 nitrogen and oxygen atoms in total. The highest BCUT2D eigenvalue weighted by molar-refractivity contribution is 7.85. The third kappa shape index (κ3) is 3.74. The van der Waals surface area contributed by atoms with E-state index in [4.69, 9.17) is 0 Å². The molecule has 2 rings (SSSR count). The van der Waals surface area contributed by atoms with Crippen LogP contribution in [0.1, 0.15) is 26.3 Å². The summed E-state index contributed by atoms with van der Waals surface area (Å²) in [6, 6.07) is 14.6. The van der Waals surface area contributed by atoms with Crippen molar-refractivity contribution in [2.75, 3.05) is 0 Å². The molecule has 19 heavy (non-hydrogen) atoms. The average Bonchev–Trinajstić information content (AvgIpc) is 2.37. The van der Waals surface area contributed by atoms with E-state index in [0.29, 0.717) is 6.42 Å². The molecule has 0 spiro atoms. The first-order valence-corrected chi connectivity index (χ1v) is 7.50. The van der Waals surface area contributed by atoms with Gasteiger partial charge < -0.3 is 0 Å². The molecule has 2 aromatic carbocycles. The predicted octanol–water partition coefficient (Wildman–Crippen LogP) is 3.92.